The average Bonchev–Trinajstić information content (AvgIpc) is 3.67. The molecule has 238 valence electrons. The van der Waals surface area contributed by atoms with Crippen LogP contribution in [-0.4, -0.2) is 19.4 Å². The molecule has 6 rings (SSSR count). The summed E-state index contributed by atoms with van der Waals surface area (Å²) in [5.74, 6) is 0. The Balaban J connectivity index is 1.48. The molecule has 0 spiro atoms. The van der Waals surface area contributed by atoms with Gasteiger partial charge in [0.1, 0.15) is 0 Å². The van der Waals surface area contributed by atoms with E-state index in [1.807, 2.05) is 3.26 Å². The Bertz CT molecular complexity index is 1780. The zero-order valence-corrected chi connectivity index (χ0v) is 35.6. The van der Waals surface area contributed by atoms with Crippen LogP contribution in [0.2, 0.25) is 48.6 Å². The van der Waals surface area contributed by atoms with Crippen LogP contribution in [-0.2, 0) is 18.0 Å². The first kappa shape index (κ1) is 33.4. The molecule has 0 N–H and O–H groups in total. The first-order chi connectivity index (χ1) is 21.7. The zero-order valence-electron chi connectivity index (χ0n) is 30.0. The van der Waals surface area contributed by atoms with Crippen LogP contribution in [0.3, 0.4) is 0 Å². The third-order valence-corrected chi connectivity index (χ3v) is 43.9. The fraction of sp³-hybridized carbons (Fsp3) is 0.326. The first-order valence-corrected chi connectivity index (χ1v) is 37.7. The van der Waals surface area contributed by atoms with Crippen LogP contribution in [0, 0.1) is 0 Å². The minimum absolute atomic E-state index is 0.489. The van der Waals surface area contributed by atoms with Crippen LogP contribution in [0.5, 0.6) is 0 Å². The van der Waals surface area contributed by atoms with Crippen molar-refractivity contribution in [1.82, 2.24) is 0 Å². The molecule has 3 heteroatoms. The fourth-order valence-corrected chi connectivity index (χ4v) is 37.6. The Kier molecular flexibility index (Phi) is 8.65. The second-order valence-electron chi connectivity index (χ2n) is 16.9. The van der Waals surface area contributed by atoms with E-state index in [0.29, 0.717) is 7.35 Å². The van der Waals surface area contributed by atoms with Crippen molar-refractivity contribution >= 4 is 41.9 Å². The first-order valence-electron chi connectivity index (χ1n) is 17.6. The van der Waals surface area contributed by atoms with Gasteiger partial charge >= 0.3 is 284 Å². The van der Waals surface area contributed by atoms with Crippen molar-refractivity contribution in [3.05, 3.63) is 119 Å². The summed E-state index contributed by atoms with van der Waals surface area (Å²) in [6.45, 7) is 19.4. The molecular formula is C43H54HfSi2. The second kappa shape index (κ2) is 11.9. The van der Waals surface area contributed by atoms with Gasteiger partial charge < -0.3 is 0 Å². The Morgan fingerprint density at radius 2 is 0.913 bits per heavy atom. The summed E-state index contributed by atoms with van der Waals surface area (Å²) in [6.07, 6.45) is 12.6. The van der Waals surface area contributed by atoms with Gasteiger partial charge in [-0.15, -0.1) is 0 Å². The number of hydrogen-bond donors (Lipinski definition) is 0. The van der Waals surface area contributed by atoms with E-state index in [0.717, 1.165) is 0 Å². The molecule has 2 aliphatic rings. The van der Waals surface area contributed by atoms with Crippen LogP contribution in [0.4, 0.5) is 0 Å². The second-order valence-corrected chi connectivity index (χ2v) is 52.8. The molecule has 4 aromatic carbocycles. The van der Waals surface area contributed by atoms with Crippen molar-refractivity contribution in [2.45, 2.75) is 82.7 Å². The van der Waals surface area contributed by atoms with Gasteiger partial charge in [0.25, 0.3) is 0 Å². The summed E-state index contributed by atoms with van der Waals surface area (Å²) in [7, 11) is -2.68. The van der Waals surface area contributed by atoms with Gasteiger partial charge in [-0.05, 0) is 0 Å². The van der Waals surface area contributed by atoms with E-state index in [2.05, 4.69) is 172 Å². The van der Waals surface area contributed by atoms with Gasteiger partial charge in [0.2, 0.25) is 0 Å². The molecule has 46 heavy (non-hydrogen) atoms. The quantitative estimate of drug-likeness (QED) is 0.156. The van der Waals surface area contributed by atoms with E-state index in [1.165, 1.54) is 56.6 Å². The number of fused-ring (bicyclic) bond motifs is 2. The molecule has 0 nitrogen and oxygen atoms in total. The van der Waals surface area contributed by atoms with Gasteiger partial charge in [-0.1, -0.05) is 0 Å². The molecule has 0 aliphatic heterocycles. The van der Waals surface area contributed by atoms with E-state index in [-0.39, 0.29) is 0 Å². The maximum absolute atomic E-state index is 4.00. The molecule has 4 aromatic rings. The van der Waals surface area contributed by atoms with Gasteiger partial charge in [-0.25, -0.2) is 0 Å². The predicted molar refractivity (Wildman–Crippen MR) is 211 cm³/mol. The van der Waals surface area contributed by atoms with E-state index >= 15 is 0 Å². The number of benzene rings is 4. The van der Waals surface area contributed by atoms with Crippen molar-refractivity contribution in [3.63, 3.8) is 0 Å². The monoisotopic (exact) mass is 806 g/mol. The molecule has 2 atom stereocenters. The Morgan fingerprint density at radius 1 is 0.543 bits per heavy atom. The summed E-state index contributed by atoms with van der Waals surface area (Å²) in [4.78, 5) is 0. The van der Waals surface area contributed by atoms with Gasteiger partial charge in [-0.3, -0.25) is 0 Å². The number of allylic oxidation sites excluding steroid dienone is 2. The fourth-order valence-electron chi connectivity index (χ4n) is 9.02. The van der Waals surface area contributed by atoms with E-state index in [1.54, 1.807) is 11.1 Å². The Labute approximate surface area is 282 Å². The van der Waals surface area contributed by atoms with E-state index < -0.39 is 34.2 Å². The molecule has 0 saturated carbocycles. The molecule has 0 amide bonds. The molecule has 0 radical (unpaired) electrons. The van der Waals surface area contributed by atoms with Crippen molar-refractivity contribution in [3.8, 4) is 22.3 Å². The summed E-state index contributed by atoms with van der Waals surface area (Å²) in [6, 6.07) is 33.3. The van der Waals surface area contributed by atoms with Crippen molar-refractivity contribution in [2.75, 3.05) is 0 Å². The zero-order chi connectivity index (χ0) is 33.1. The van der Waals surface area contributed by atoms with Gasteiger partial charge in [-0.2, -0.15) is 0 Å². The third-order valence-electron chi connectivity index (χ3n) is 11.9. The molecular weight excluding hydrogens is 751 g/mol. The SMILES string of the molecule is CC[C](CC)=[Hf]([CH3])([CH3])([CH]1C=Cc2c(-c3ccc([Si](C)(C)C)cc3)cccc21)[CH]1C=Cc2c(-c3ccc([Si](C)(C)C)cc3)cccc21. The van der Waals surface area contributed by atoms with E-state index in [4.69, 9.17) is 0 Å². The number of hydrogen-bond acceptors (Lipinski definition) is 0. The van der Waals surface area contributed by atoms with Crippen molar-refractivity contribution in [2.24, 2.45) is 0 Å². The van der Waals surface area contributed by atoms with E-state index in [9.17, 15) is 0 Å². The molecule has 2 unspecified atom stereocenters. The van der Waals surface area contributed by atoms with Crippen LogP contribution >= 0.6 is 0 Å². The van der Waals surface area contributed by atoms with Gasteiger partial charge in [0.15, 0.2) is 0 Å². The predicted octanol–water partition coefficient (Wildman–Crippen LogP) is 11.7. The minimum atomic E-state index is -4.00. The average molecular weight is 806 g/mol. The Morgan fingerprint density at radius 3 is 1.24 bits per heavy atom. The Hall–Kier alpha value is -2.47. The molecule has 0 heterocycles. The van der Waals surface area contributed by atoms with Crippen LogP contribution in [0.15, 0.2) is 97.1 Å². The van der Waals surface area contributed by atoms with Gasteiger partial charge in [0, 0.05) is 0 Å². The maximum atomic E-state index is 2.80. The molecule has 0 fully saturated rings. The standard InChI is InChI=1S/2C18H19Si.C5H10.2CH3.Hf/c2*1-19(2,3)16-12-10-15(11-13-16)18-9-5-7-14-6-4-8-17(14)18;1-3-5-4-2;;;/h2*4-13H,1-3H3;3-4H2,1-2H3;2*1H3;. The molecule has 0 saturated heterocycles. The summed E-state index contributed by atoms with van der Waals surface area (Å²) in [5, 5.41) is 3.05. The van der Waals surface area contributed by atoms with Crippen LogP contribution < -0.4 is 10.4 Å². The normalized spacial score (nSPS) is 17.7. The molecule has 0 bridgehead atoms. The topological polar surface area (TPSA) is 0 Å². The third kappa shape index (κ3) is 5.49. The summed E-state index contributed by atoms with van der Waals surface area (Å²) < 4.78 is 8.44. The van der Waals surface area contributed by atoms with Crippen molar-refractivity contribution in [1.29, 1.82) is 0 Å². The molecule has 0 aromatic heterocycles. The number of rotatable bonds is 8. The summed E-state index contributed by atoms with van der Waals surface area (Å²) >= 11 is -4.00. The van der Waals surface area contributed by atoms with Crippen LogP contribution in [0.25, 0.3) is 34.4 Å². The van der Waals surface area contributed by atoms with Gasteiger partial charge in [0.05, 0.1) is 0 Å². The van der Waals surface area contributed by atoms with Crippen molar-refractivity contribution < 1.29 is 18.0 Å². The summed E-state index contributed by atoms with van der Waals surface area (Å²) in [5.41, 5.74) is 11.5. The molecule has 2 aliphatic carbocycles. The van der Waals surface area contributed by atoms with Crippen LogP contribution in [0.1, 0.15) is 56.3 Å².